The van der Waals surface area contributed by atoms with Crippen molar-refractivity contribution in [3.05, 3.63) is 29.6 Å². The van der Waals surface area contributed by atoms with Crippen LogP contribution in [0, 0.1) is 6.92 Å². The van der Waals surface area contributed by atoms with Gasteiger partial charge >= 0.3 is 5.97 Å². The van der Waals surface area contributed by atoms with Crippen molar-refractivity contribution >= 4 is 22.9 Å². The molecule has 0 saturated carbocycles. The molecule has 6 nitrogen and oxygen atoms in total. The number of hydrogen-bond donors (Lipinski definition) is 1. The highest BCUT2D eigenvalue weighted by Gasteiger charge is 2.16. The van der Waals surface area contributed by atoms with E-state index in [1.807, 2.05) is 0 Å². The van der Waals surface area contributed by atoms with Crippen LogP contribution in [0.3, 0.4) is 0 Å². The molecule has 100 valence electrons. The maximum atomic E-state index is 11.8. The van der Waals surface area contributed by atoms with Gasteiger partial charge in [-0.1, -0.05) is 6.07 Å². The summed E-state index contributed by atoms with van der Waals surface area (Å²) in [4.78, 5) is 28.7. The second-order valence-electron chi connectivity index (χ2n) is 4.51. The molecule has 1 N–H and O–H groups in total. The topological polar surface area (TPSA) is 75.4 Å². The first kappa shape index (κ1) is 13.1. The molecule has 0 aliphatic carbocycles. The van der Waals surface area contributed by atoms with E-state index in [2.05, 4.69) is 4.98 Å². The number of likely N-dealkylation sites (N-methyl/N-ethyl adjacent to an activating group) is 1. The fourth-order valence-corrected chi connectivity index (χ4v) is 1.91. The second-order valence-corrected chi connectivity index (χ2v) is 4.51. The maximum absolute atomic E-state index is 11.8. The molecule has 2 aromatic rings. The number of carboxylic acid groups (broad SMARTS) is 1. The normalized spacial score (nSPS) is 10.7. The Morgan fingerprint density at radius 2 is 2.05 bits per heavy atom. The fraction of sp³-hybridized carbons (Fsp3) is 0.308. The van der Waals surface area contributed by atoms with Crippen molar-refractivity contribution in [3.63, 3.8) is 0 Å². The lowest BCUT2D eigenvalue weighted by Crippen LogP contribution is -2.26. The largest absolute Gasteiger partial charge is 0.478 e. The molecule has 0 fully saturated rings. The van der Waals surface area contributed by atoms with Crippen molar-refractivity contribution in [1.82, 2.24) is 14.5 Å². The van der Waals surface area contributed by atoms with E-state index in [4.69, 9.17) is 5.11 Å². The predicted molar refractivity (Wildman–Crippen MR) is 70.1 cm³/mol. The summed E-state index contributed by atoms with van der Waals surface area (Å²) < 4.78 is 1.73. The van der Waals surface area contributed by atoms with Crippen molar-refractivity contribution in [1.29, 1.82) is 0 Å². The zero-order chi connectivity index (χ0) is 14.2. The third kappa shape index (κ3) is 2.29. The SMILES string of the molecule is Cc1nc2c(C(=O)O)cccc2n1CC(=O)N(C)C. The lowest BCUT2D eigenvalue weighted by atomic mass is 10.2. The molecule has 19 heavy (non-hydrogen) atoms. The molecule has 2 rings (SSSR count). The maximum Gasteiger partial charge on any atom is 0.337 e. The number of aromatic nitrogens is 2. The number of hydrogen-bond acceptors (Lipinski definition) is 3. The number of carbonyl (C=O) groups excluding carboxylic acids is 1. The number of carbonyl (C=O) groups is 2. The molecule has 0 spiro atoms. The lowest BCUT2D eigenvalue weighted by molar-refractivity contribution is -0.129. The Labute approximate surface area is 110 Å². The smallest absolute Gasteiger partial charge is 0.337 e. The molecule has 0 atom stereocenters. The van der Waals surface area contributed by atoms with Crippen LogP contribution < -0.4 is 0 Å². The molecular formula is C13H15N3O3. The van der Waals surface area contributed by atoms with E-state index < -0.39 is 5.97 Å². The van der Waals surface area contributed by atoms with Crippen molar-refractivity contribution in [2.24, 2.45) is 0 Å². The van der Waals surface area contributed by atoms with Crippen LogP contribution in [0.2, 0.25) is 0 Å². The van der Waals surface area contributed by atoms with Gasteiger partial charge in [0.2, 0.25) is 5.91 Å². The van der Waals surface area contributed by atoms with Crippen LogP contribution in [0.25, 0.3) is 11.0 Å². The number of amides is 1. The highest BCUT2D eigenvalue weighted by Crippen LogP contribution is 2.20. The van der Waals surface area contributed by atoms with Crippen LogP contribution in [-0.2, 0) is 11.3 Å². The van der Waals surface area contributed by atoms with Gasteiger partial charge in [0.1, 0.15) is 17.9 Å². The minimum absolute atomic E-state index is 0.0665. The lowest BCUT2D eigenvalue weighted by Gasteiger charge is -2.12. The van der Waals surface area contributed by atoms with Gasteiger partial charge in [-0.2, -0.15) is 0 Å². The number of aromatic carboxylic acids is 1. The number of imidazole rings is 1. The van der Waals surface area contributed by atoms with Crippen molar-refractivity contribution in [3.8, 4) is 0 Å². The molecule has 0 radical (unpaired) electrons. The molecule has 1 amide bonds. The van der Waals surface area contributed by atoms with Gasteiger partial charge in [-0.25, -0.2) is 9.78 Å². The molecule has 0 saturated heterocycles. The van der Waals surface area contributed by atoms with Crippen LogP contribution >= 0.6 is 0 Å². The van der Waals surface area contributed by atoms with Gasteiger partial charge < -0.3 is 14.6 Å². The second kappa shape index (κ2) is 4.72. The monoisotopic (exact) mass is 261 g/mol. The highest BCUT2D eigenvalue weighted by atomic mass is 16.4. The first-order valence-electron chi connectivity index (χ1n) is 5.81. The zero-order valence-corrected chi connectivity index (χ0v) is 11.0. The number of fused-ring (bicyclic) bond motifs is 1. The summed E-state index contributed by atoms with van der Waals surface area (Å²) in [5.41, 5.74) is 1.23. The molecule has 6 heteroatoms. The van der Waals surface area contributed by atoms with Crippen LogP contribution in [-0.4, -0.2) is 45.5 Å². The van der Waals surface area contributed by atoms with Gasteiger partial charge in [-0.05, 0) is 19.1 Å². The zero-order valence-electron chi connectivity index (χ0n) is 11.0. The van der Waals surface area contributed by atoms with E-state index in [0.29, 0.717) is 16.9 Å². The third-order valence-electron chi connectivity index (χ3n) is 2.99. The van der Waals surface area contributed by atoms with Crippen molar-refractivity contribution in [2.45, 2.75) is 13.5 Å². The predicted octanol–water partition coefficient (Wildman–Crippen LogP) is 1.13. The summed E-state index contributed by atoms with van der Waals surface area (Å²) in [6.45, 7) is 1.91. The average Bonchev–Trinajstić information content (AvgIpc) is 2.65. The Bertz CT molecular complexity index is 658. The summed E-state index contributed by atoms with van der Waals surface area (Å²) in [6, 6.07) is 4.93. The Morgan fingerprint density at radius 3 is 2.63 bits per heavy atom. The molecule has 0 bridgehead atoms. The molecule has 0 unspecified atom stereocenters. The number of para-hydroxylation sites is 1. The summed E-state index contributed by atoms with van der Waals surface area (Å²) in [5, 5.41) is 9.13. The summed E-state index contributed by atoms with van der Waals surface area (Å²) >= 11 is 0. The quantitative estimate of drug-likeness (QED) is 0.898. The molecule has 0 aliphatic heterocycles. The molecule has 1 aromatic heterocycles. The number of nitrogens with zero attached hydrogens (tertiary/aromatic N) is 3. The molecule has 1 heterocycles. The van der Waals surface area contributed by atoms with Crippen molar-refractivity contribution in [2.75, 3.05) is 14.1 Å². The Kier molecular flexibility index (Phi) is 3.25. The summed E-state index contributed by atoms with van der Waals surface area (Å²) in [5.74, 6) is -0.462. The number of rotatable bonds is 3. The van der Waals surface area contributed by atoms with Gasteiger partial charge in [-0.15, -0.1) is 0 Å². The minimum Gasteiger partial charge on any atom is -0.478 e. The molecule has 1 aromatic carbocycles. The summed E-state index contributed by atoms with van der Waals surface area (Å²) in [7, 11) is 3.36. The van der Waals surface area contributed by atoms with Crippen LogP contribution in [0.1, 0.15) is 16.2 Å². The summed E-state index contributed by atoms with van der Waals surface area (Å²) in [6.07, 6.45) is 0. The standard InChI is InChI=1S/C13H15N3O3/c1-8-14-12-9(13(18)19)5-4-6-10(12)16(8)7-11(17)15(2)3/h4-6H,7H2,1-3H3,(H,18,19). The van der Waals surface area contributed by atoms with Crippen molar-refractivity contribution < 1.29 is 14.7 Å². The van der Waals surface area contributed by atoms with E-state index >= 15 is 0 Å². The molecule has 0 aliphatic rings. The van der Waals surface area contributed by atoms with Gasteiger partial charge in [0, 0.05) is 14.1 Å². The Hall–Kier alpha value is -2.37. The minimum atomic E-state index is -1.02. The van der Waals surface area contributed by atoms with E-state index in [0.717, 1.165) is 0 Å². The van der Waals surface area contributed by atoms with Crippen LogP contribution in [0.5, 0.6) is 0 Å². The van der Waals surface area contributed by atoms with E-state index in [1.54, 1.807) is 37.7 Å². The first-order chi connectivity index (χ1) is 8.91. The fourth-order valence-electron chi connectivity index (χ4n) is 1.91. The first-order valence-corrected chi connectivity index (χ1v) is 5.81. The Balaban J connectivity index is 2.57. The number of carboxylic acids is 1. The van der Waals surface area contributed by atoms with E-state index in [9.17, 15) is 9.59 Å². The number of benzene rings is 1. The van der Waals surface area contributed by atoms with E-state index in [1.165, 1.54) is 11.0 Å². The van der Waals surface area contributed by atoms with Crippen LogP contribution in [0.4, 0.5) is 0 Å². The van der Waals surface area contributed by atoms with Crippen LogP contribution in [0.15, 0.2) is 18.2 Å². The highest BCUT2D eigenvalue weighted by molar-refractivity contribution is 6.01. The third-order valence-corrected chi connectivity index (χ3v) is 2.99. The van der Waals surface area contributed by atoms with Gasteiger partial charge in [0.05, 0.1) is 11.1 Å². The molecular weight excluding hydrogens is 246 g/mol. The number of aryl methyl sites for hydroxylation is 1. The average molecular weight is 261 g/mol. The van der Waals surface area contributed by atoms with Gasteiger partial charge in [-0.3, -0.25) is 4.79 Å². The Morgan fingerprint density at radius 1 is 1.37 bits per heavy atom. The van der Waals surface area contributed by atoms with Gasteiger partial charge in [0.15, 0.2) is 0 Å². The van der Waals surface area contributed by atoms with E-state index in [-0.39, 0.29) is 18.0 Å². The van der Waals surface area contributed by atoms with Gasteiger partial charge in [0.25, 0.3) is 0 Å².